The highest BCUT2D eigenvalue weighted by Crippen LogP contribution is 2.17. The van der Waals surface area contributed by atoms with E-state index < -0.39 is 0 Å². The number of nitrogens with zero attached hydrogens (tertiary/aromatic N) is 1. The highest BCUT2D eigenvalue weighted by Gasteiger charge is 2.18. The van der Waals surface area contributed by atoms with E-state index in [1.165, 1.54) is 19.3 Å². The van der Waals surface area contributed by atoms with Gasteiger partial charge >= 0.3 is 6.03 Å². The fraction of sp³-hybridized carbons (Fsp3) is 0.769. The van der Waals surface area contributed by atoms with Gasteiger partial charge in [0, 0.05) is 19.1 Å². The lowest BCUT2D eigenvalue weighted by molar-refractivity contribution is 0.196. The van der Waals surface area contributed by atoms with Gasteiger partial charge in [0.05, 0.1) is 0 Å². The molecule has 0 radical (unpaired) electrons. The molecule has 0 spiro atoms. The molecule has 1 rings (SSSR count). The van der Waals surface area contributed by atoms with Gasteiger partial charge in [-0.15, -0.1) is 0 Å². The summed E-state index contributed by atoms with van der Waals surface area (Å²) in [6, 6.07) is 0.456. The number of hydrogen-bond acceptors (Lipinski definition) is 1. The van der Waals surface area contributed by atoms with Crippen molar-refractivity contribution in [3.8, 4) is 0 Å². The third kappa shape index (κ3) is 4.25. The van der Waals surface area contributed by atoms with Crippen molar-refractivity contribution in [3.63, 3.8) is 0 Å². The van der Waals surface area contributed by atoms with E-state index in [4.69, 9.17) is 0 Å². The second-order valence-electron chi connectivity index (χ2n) is 4.76. The summed E-state index contributed by atoms with van der Waals surface area (Å²) in [6.07, 6.45) is 6.08. The number of urea groups is 1. The van der Waals surface area contributed by atoms with Crippen LogP contribution < -0.4 is 5.32 Å². The van der Waals surface area contributed by atoms with Crippen molar-refractivity contribution in [1.82, 2.24) is 10.2 Å². The van der Waals surface area contributed by atoms with Crippen molar-refractivity contribution >= 4 is 6.03 Å². The Balaban J connectivity index is 2.38. The molecule has 1 aliphatic carbocycles. The van der Waals surface area contributed by atoms with E-state index in [2.05, 4.69) is 11.9 Å². The van der Waals surface area contributed by atoms with Crippen LogP contribution >= 0.6 is 0 Å². The predicted molar refractivity (Wildman–Crippen MR) is 67.5 cm³/mol. The van der Waals surface area contributed by atoms with Crippen molar-refractivity contribution in [1.29, 1.82) is 0 Å². The molecule has 1 saturated carbocycles. The first-order valence-corrected chi connectivity index (χ1v) is 6.33. The summed E-state index contributed by atoms with van der Waals surface area (Å²) in [5.74, 6) is 0. The minimum Gasteiger partial charge on any atom is -0.335 e. The molecule has 92 valence electrons. The molecule has 0 aromatic rings. The molecular formula is C13H24N2O. The topological polar surface area (TPSA) is 32.3 Å². The third-order valence-electron chi connectivity index (χ3n) is 3.06. The summed E-state index contributed by atoms with van der Waals surface area (Å²) >= 11 is 0. The second-order valence-corrected chi connectivity index (χ2v) is 4.76. The largest absolute Gasteiger partial charge is 0.335 e. The molecule has 0 bridgehead atoms. The SMILES string of the molecule is C=C(C)CN(CC)C(=O)NC1CCCCC1. The maximum absolute atomic E-state index is 12.0. The van der Waals surface area contributed by atoms with Crippen LogP contribution in [0.2, 0.25) is 0 Å². The van der Waals surface area contributed by atoms with Gasteiger partial charge in [0.2, 0.25) is 0 Å². The van der Waals surface area contributed by atoms with Gasteiger partial charge in [0.1, 0.15) is 0 Å². The Morgan fingerprint density at radius 1 is 1.38 bits per heavy atom. The van der Waals surface area contributed by atoms with E-state index in [-0.39, 0.29) is 6.03 Å². The van der Waals surface area contributed by atoms with Gasteiger partial charge in [-0.3, -0.25) is 0 Å². The van der Waals surface area contributed by atoms with Crippen LogP contribution in [0.1, 0.15) is 46.0 Å². The first-order valence-electron chi connectivity index (χ1n) is 6.33. The lowest BCUT2D eigenvalue weighted by Crippen LogP contribution is -2.45. The minimum absolute atomic E-state index is 0.0670. The van der Waals surface area contributed by atoms with Gasteiger partial charge in [-0.05, 0) is 26.7 Å². The minimum atomic E-state index is 0.0670. The van der Waals surface area contributed by atoms with Gasteiger partial charge in [-0.2, -0.15) is 0 Å². The van der Waals surface area contributed by atoms with Crippen LogP contribution in [0.15, 0.2) is 12.2 Å². The monoisotopic (exact) mass is 224 g/mol. The average molecular weight is 224 g/mol. The molecule has 1 N–H and O–H groups in total. The predicted octanol–water partition coefficient (Wildman–Crippen LogP) is 2.93. The number of amides is 2. The smallest absolute Gasteiger partial charge is 0.317 e. The molecule has 0 unspecified atom stereocenters. The summed E-state index contributed by atoms with van der Waals surface area (Å²) in [5.41, 5.74) is 1.03. The third-order valence-corrected chi connectivity index (χ3v) is 3.06. The Bertz CT molecular complexity index is 244. The van der Waals surface area contributed by atoms with Crippen LogP contribution in [0.4, 0.5) is 4.79 Å². The van der Waals surface area contributed by atoms with Crippen LogP contribution in [-0.2, 0) is 0 Å². The summed E-state index contributed by atoms with van der Waals surface area (Å²) < 4.78 is 0. The summed E-state index contributed by atoms with van der Waals surface area (Å²) in [4.78, 5) is 13.8. The van der Waals surface area contributed by atoms with Gasteiger partial charge in [-0.25, -0.2) is 4.79 Å². The quantitative estimate of drug-likeness (QED) is 0.732. The Morgan fingerprint density at radius 2 is 2.00 bits per heavy atom. The summed E-state index contributed by atoms with van der Waals surface area (Å²) in [7, 11) is 0. The fourth-order valence-electron chi connectivity index (χ4n) is 2.17. The molecule has 3 nitrogen and oxygen atoms in total. The van der Waals surface area contributed by atoms with Crippen LogP contribution in [-0.4, -0.2) is 30.1 Å². The van der Waals surface area contributed by atoms with Gasteiger partial charge in [-0.1, -0.05) is 31.4 Å². The van der Waals surface area contributed by atoms with Crippen molar-refractivity contribution < 1.29 is 4.79 Å². The Hall–Kier alpha value is -0.990. The zero-order valence-corrected chi connectivity index (χ0v) is 10.6. The van der Waals surface area contributed by atoms with Crippen molar-refractivity contribution in [2.45, 2.75) is 52.0 Å². The van der Waals surface area contributed by atoms with Crippen molar-refractivity contribution in [2.24, 2.45) is 0 Å². The molecule has 1 fully saturated rings. The summed E-state index contributed by atoms with van der Waals surface area (Å²) in [5, 5.41) is 3.12. The van der Waals surface area contributed by atoms with E-state index in [0.717, 1.165) is 25.0 Å². The molecule has 0 aromatic heterocycles. The van der Waals surface area contributed by atoms with Crippen molar-refractivity contribution in [2.75, 3.05) is 13.1 Å². The molecule has 0 atom stereocenters. The van der Waals surface area contributed by atoms with Crippen LogP contribution in [0.3, 0.4) is 0 Å². The van der Waals surface area contributed by atoms with Crippen LogP contribution in [0.5, 0.6) is 0 Å². The molecule has 2 amide bonds. The van der Waals surface area contributed by atoms with Crippen LogP contribution in [0.25, 0.3) is 0 Å². The second kappa shape index (κ2) is 6.56. The van der Waals surface area contributed by atoms with Crippen LogP contribution in [0, 0.1) is 0 Å². The Morgan fingerprint density at radius 3 is 2.50 bits per heavy atom. The van der Waals surface area contributed by atoms with E-state index in [1.54, 1.807) is 0 Å². The van der Waals surface area contributed by atoms with Crippen molar-refractivity contribution in [3.05, 3.63) is 12.2 Å². The maximum Gasteiger partial charge on any atom is 0.317 e. The van der Waals surface area contributed by atoms with Gasteiger partial charge in [0.25, 0.3) is 0 Å². The molecule has 3 heteroatoms. The van der Waals surface area contributed by atoms with Gasteiger partial charge in [0.15, 0.2) is 0 Å². The highest BCUT2D eigenvalue weighted by atomic mass is 16.2. The number of nitrogens with one attached hydrogen (secondary N) is 1. The molecule has 0 saturated heterocycles. The first kappa shape index (κ1) is 13.1. The number of hydrogen-bond donors (Lipinski definition) is 1. The van der Waals surface area contributed by atoms with E-state index >= 15 is 0 Å². The number of likely N-dealkylation sites (N-methyl/N-ethyl adjacent to an activating group) is 1. The zero-order chi connectivity index (χ0) is 12.0. The maximum atomic E-state index is 12.0. The van der Waals surface area contributed by atoms with E-state index in [1.807, 2.05) is 18.7 Å². The van der Waals surface area contributed by atoms with E-state index in [0.29, 0.717) is 12.6 Å². The average Bonchev–Trinajstić information content (AvgIpc) is 2.26. The number of rotatable bonds is 4. The Kier molecular flexibility index (Phi) is 5.36. The molecular weight excluding hydrogens is 200 g/mol. The zero-order valence-electron chi connectivity index (χ0n) is 10.6. The number of carbonyl (C=O) groups is 1. The molecule has 0 heterocycles. The molecule has 16 heavy (non-hydrogen) atoms. The van der Waals surface area contributed by atoms with E-state index in [9.17, 15) is 4.79 Å². The molecule has 1 aliphatic rings. The molecule has 0 aliphatic heterocycles. The lowest BCUT2D eigenvalue weighted by Gasteiger charge is -2.27. The standard InChI is InChI=1S/C13H24N2O/c1-4-15(10-11(2)3)13(16)14-12-8-6-5-7-9-12/h12H,2,4-10H2,1,3H3,(H,14,16). The number of carbonyl (C=O) groups excluding carboxylic acids is 1. The highest BCUT2D eigenvalue weighted by molar-refractivity contribution is 5.74. The summed E-state index contributed by atoms with van der Waals surface area (Å²) in [6.45, 7) is 9.21. The Labute approximate surface area is 98.9 Å². The fourth-order valence-corrected chi connectivity index (χ4v) is 2.17. The lowest BCUT2D eigenvalue weighted by atomic mass is 9.96. The first-order chi connectivity index (χ1) is 7.63. The molecule has 0 aromatic carbocycles. The van der Waals surface area contributed by atoms with Gasteiger partial charge < -0.3 is 10.2 Å². The normalized spacial score (nSPS) is 16.9.